The van der Waals surface area contributed by atoms with Crippen molar-refractivity contribution in [1.82, 2.24) is 0 Å². The summed E-state index contributed by atoms with van der Waals surface area (Å²) in [7, 11) is 0. The Balaban J connectivity index is 1.72. The number of ether oxygens (including phenoxy) is 2. The Labute approximate surface area is 119 Å². The van der Waals surface area contributed by atoms with E-state index in [0.29, 0.717) is 22.6 Å². The van der Waals surface area contributed by atoms with Crippen LogP contribution in [0.25, 0.3) is 0 Å². The molecule has 0 unspecified atom stereocenters. The molecule has 20 heavy (non-hydrogen) atoms. The summed E-state index contributed by atoms with van der Waals surface area (Å²) in [4.78, 5) is 11.4. The minimum Gasteiger partial charge on any atom is -0.489 e. The van der Waals surface area contributed by atoms with E-state index in [1.54, 1.807) is 24.3 Å². The fraction of sp³-hybridized carbons (Fsp3) is 0.133. The van der Waals surface area contributed by atoms with Crippen molar-refractivity contribution in [2.24, 2.45) is 0 Å². The number of carbonyl (C=O) groups is 1. The zero-order valence-electron chi connectivity index (χ0n) is 10.4. The molecule has 0 amide bonds. The van der Waals surface area contributed by atoms with Gasteiger partial charge in [0.25, 0.3) is 0 Å². The van der Waals surface area contributed by atoms with Gasteiger partial charge < -0.3 is 9.47 Å². The zero-order chi connectivity index (χ0) is 14.1. The molecule has 0 saturated carbocycles. The summed E-state index contributed by atoms with van der Waals surface area (Å²) in [5, 5.41) is 0.0817. The van der Waals surface area contributed by atoms with Crippen LogP contribution in [0.15, 0.2) is 36.4 Å². The minimum absolute atomic E-state index is 0.0358. The Morgan fingerprint density at radius 1 is 1.25 bits per heavy atom. The minimum atomic E-state index is -0.476. The van der Waals surface area contributed by atoms with Gasteiger partial charge in [0.2, 0.25) is 5.78 Å². The number of benzene rings is 2. The van der Waals surface area contributed by atoms with Crippen LogP contribution in [0.5, 0.6) is 11.5 Å². The third-order valence-electron chi connectivity index (χ3n) is 3.00. The molecule has 0 atom stereocenters. The van der Waals surface area contributed by atoms with Crippen LogP contribution in [-0.4, -0.2) is 12.4 Å². The van der Waals surface area contributed by atoms with Crippen molar-refractivity contribution in [3.8, 4) is 11.5 Å². The van der Waals surface area contributed by atoms with Crippen LogP contribution >= 0.6 is 11.6 Å². The second-order valence-corrected chi connectivity index (χ2v) is 4.81. The van der Waals surface area contributed by atoms with Crippen molar-refractivity contribution in [3.05, 3.63) is 58.4 Å². The highest BCUT2D eigenvalue weighted by Gasteiger charge is 2.21. The number of fused-ring (bicyclic) bond motifs is 1. The van der Waals surface area contributed by atoms with Crippen molar-refractivity contribution in [3.63, 3.8) is 0 Å². The number of Topliss-reactive ketones (excluding diaryl/α,β-unsaturated/α-hetero) is 1. The van der Waals surface area contributed by atoms with Gasteiger partial charge in [-0.15, -0.1) is 0 Å². The molecule has 2 aromatic carbocycles. The van der Waals surface area contributed by atoms with Crippen molar-refractivity contribution in [1.29, 1.82) is 0 Å². The lowest BCUT2D eigenvalue weighted by Gasteiger charge is -2.08. The van der Waals surface area contributed by atoms with E-state index in [1.165, 1.54) is 12.1 Å². The van der Waals surface area contributed by atoms with Crippen LogP contribution in [0.2, 0.25) is 5.02 Å². The van der Waals surface area contributed by atoms with E-state index in [1.807, 2.05) is 0 Å². The average molecular weight is 293 g/mol. The molecule has 0 aliphatic carbocycles. The molecule has 0 aromatic heterocycles. The third kappa shape index (κ3) is 2.47. The van der Waals surface area contributed by atoms with Crippen LogP contribution in [0, 0.1) is 5.82 Å². The third-order valence-corrected chi connectivity index (χ3v) is 3.31. The van der Waals surface area contributed by atoms with Crippen LogP contribution in [-0.2, 0) is 6.61 Å². The number of ketones is 1. The number of carbonyl (C=O) groups excluding carboxylic acids is 1. The maximum Gasteiger partial charge on any atom is 0.203 e. The van der Waals surface area contributed by atoms with Gasteiger partial charge >= 0.3 is 0 Å². The van der Waals surface area contributed by atoms with Gasteiger partial charge in [0.15, 0.2) is 6.61 Å². The van der Waals surface area contributed by atoms with E-state index in [2.05, 4.69) is 0 Å². The van der Waals surface area contributed by atoms with Crippen molar-refractivity contribution < 1.29 is 18.7 Å². The summed E-state index contributed by atoms with van der Waals surface area (Å²) in [6, 6.07) is 9.53. The number of hydrogen-bond acceptors (Lipinski definition) is 3. The van der Waals surface area contributed by atoms with Gasteiger partial charge in [-0.1, -0.05) is 17.7 Å². The van der Waals surface area contributed by atoms with E-state index in [-0.39, 0.29) is 24.0 Å². The molecule has 1 heterocycles. The second-order valence-electron chi connectivity index (χ2n) is 4.41. The quantitative estimate of drug-likeness (QED) is 0.866. The predicted octanol–water partition coefficient (Wildman–Crippen LogP) is 3.63. The lowest BCUT2D eigenvalue weighted by atomic mass is 10.1. The van der Waals surface area contributed by atoms with Crippen LogP contribution in [0.4, 0.5) is 4.39 Å². The smallest absolute Gasteiger partial charge is 0.203 e. The molecule has 0 fully saturated rings. The maximum atomic E-state index is 13.3. The van der Waals surface area contributed by atoms with Crippen LogP contribution < -0.4 is 9.47 Å². The Morgan fingerprint density at radius 2 is 2.10 bits per heavy atom. The van der Waals surface area contributed by atoms with Gasteiger partial charge in [0.05, 0.1) is 10.6 Å². The van der Waals surface area contributed by atoms with E-state index >= 15 is 0 Å². The van der Waals surface area contributed by atoms with Crippen LogP contribution in [0.1, 0.15) is 15.9 Å². The van der Waals surface area contributed by atoms with E-state index in [4.69, 9.17) is 21.1 Å². The van der Waals surface area contributed by atoms with Gasteiger partial charge in [0, 0.05) is 6.07 Å². The number of hydrogen-bond donors (Lipinski definition) is 0. The summed E-state index contributed by atoms with van der Waals surface area (Å²) in [5.41, 5.74) is 1.24. The van der Waals surface area contributed by atoms with E-state index in [0.717, 1.165) is 0 Å². The fourth-order valence-corrected chi connectivity index (χ4v) is 2.08. The molecule has 0 spiro atoms. The Hall–Kier alpha value is -2.07. The predicted molar refractivity (Wildman–Crippen MR) is 72.0 cm³/mol. The van der Waals surface area contributed by atoms with E-state index in [9.17, 15) is 9.18 Å². The van der Waals surface area contributed by atoms with Crippen LogP contribution in [0.3, 0.4) is 0 Å². The summed E-state index contributed by atoms with van der Waals surface area (Å²) >= 11 is 5.61. The summed E-state index contributed by atoms with van der Waals surface area (Å²) in [6.07, 6.45) is 0. The molecular formula is C15H10ClFO3. The number of rotatable bonds is 3. The standard InChI is InChI=1S/C15H10ClFO3/c16-12-4-1-9(5-13(12)17)7-19-10-2-3-11-14(18)8-20-15(11)6-10/h1-6H,7-8H2. The Kier molecular flexibility index (Phi) is 3.32. The molecule has 1 aliphatic rings. The van der Waals surface area contributed by atoms with Gasteiger partial charge in [0.1, 0.15) is 23.9 Å². The maximum absolute atomic E-state index is 13.3. The first-order valence-electron chi connectivity index (χ1n) is 6.00. The zero-order valence-corrected chi connectivity index (χ0v) is 11.1. The molecule has 1 aliphatic heterocycles. The number of halogens is 2. The van der Waals surface area contributed by atoms with Gasteiger partial charge in [-0.3, -0.25) is 4.79 Å². The van der Waals surface area contributed by atoms with Crippen molar-refractivity contribution in [2.75, 3.05) is 6.61 Å². The first-order chi connectivity index (χ1) is 9.63. The highest BCUT2D eigenvalue weighted by molar-refractivity contribution is 6.30. The van der Waals surface area contributed by atoms with Crippen molar-refractivity contribution >= 4 is 17.4 Å². The molecule has 5 heteroatoms. The Bertz CT molecular complexity index is 685. The SMILES string of the molecule is O=C1COc2cc(OCc3ccc(Cl)c(F)c3)ccc21. The average Bonchev–Trinajstić information content (AvgIpc) is 2.81. The monoisotopic (exact) mass is 292 g/mol. The van der Waals surface area contributed by atoms with Crippen molar-refractivity contribution in [2.45, 2.75) is 6.61 Å². The largest absolute Gasteiger partial charge is 0.489 e. The summed E-state index contributed by atoms with van der Waals surface area (Å²) < 4.78 is 24.1. The van der Waals surface area contributed by atoms with Gasteiger partial charge in [-0.05, 0) is 29.8 Å². The second kappa shape index (κ2) is 5.13. The molecule has 0 saturated heterocycles. The molecule has 102 valence electrons. The molecule has 3 nitrogen and oxygen atoms in total. The van der Waals surface area contributed by atoms with Gasteiger partial charge in [-0.25, -0.2) is 4.39 Å². The Morgan fingerprint density at radius 3 is 2.90 bits per heavy atom. The fourth-order valence-electron chi connectivity index (χ4n) is 1.96. The van der Waals surface area contributed by atoms with E-state index < -0.39 is 5.82 Å². The highest BCUT2D eigenvalue weighted by Crippen LogP contribution is 2.30. The highest BCUT2D eigenvalue weighted by atomic mass is 35.5. The molecule has 2 aromatic rings. The topological polar surface area (TPSA) is 35.5 Å². The lowest BCUT2D eigenvalue weighted by Crippen LogP contribution is -1.98. The molecule has 3 rings (SSSR count). The molecule has 0 N–H and O–H groups in total. The van der Waals surface area contributed by atoms with Gasteiger partial charge in [-0.2, -0.15) is 0 Å². The first-order valence-corrected chi connectivity index (χ1v) is 6.38. The lowest BCUT2D eigenvalue weighted by molar-refractivity contribution is 0.0961. The normalized spacial score (nSPS) is 13.0. The summed E-state index contributed by atoms with van der Waals surface area (Å²) in [6.45, 7) is 0.280. The first kappa shape index (κ1) is 12.9. The summed E-state index contributed by atoms with van der Waals surface area (Å²) in [5.74, 6) is 0.575. The molecule has 0 radical (unpaired) electrons. The molecular weight excluding hydrogens is 283 g/mol. The molecule has 0 bridgehead atoms.